The molecule has 8 nitrogen and oxygen atoms in total. The van der Waals surface area contributed by atoms with E-state index in [9.17, 15) is 18.8 Å². The van der Waals surface area contributed by atoms with Crippen molar-refractivity contribution in [2.45, 2.75) is 60.0 Å². The summed E-state index contributed by atoms with van der Waals surface area (Å²) in [5.41, 5.74) is 1.35. The zero-order chi connectivity index (χ0) is 27.0. The molecule has 0 aliphatic carbocycles. The normalized spacial score (nSPS) is 13.5. The predicted molar refractivity (Wildman–Crippen MR) is 130 cm³/mol. The van der Waals surface area contributed by atoms with Crippen LogP contribution in [0.4, 0.5) is 4.39 Å². The number of Topliss-reactive ketones (excluding diaryl/α,β-unsaturated/α-hetero) is 1. The second-order valence-electron chi connectivity index (χ2n) is 9.04. The highest BCUT2D eigenvalue weighted by molar-refractivity contribution is 5.99. The second kappa shape index (κ2) is 13.0. The minimum absolute atomic E-state index is 0.0201. The van der Waals surface area contributed by atoms with Gasteiger partial charge < -0.3 is 18.9 Å². The number of benzene rings is 1. The van der Waals surface area contributed by atoms with Gasteiger partial charge in [0, 0.05) is 31.5 Å². The molecule has 0 fully saturated rings. The molecule has 0 N–H and O–H groups in total. The molecule has 0 spiro atoms. The molecule has 9 heteroatoms. The zero-order valence-corrected chi connectivity index (χ0v) is 21.8. The van der Waals surface area contributed by atoms with E-state index in [2.05, 4.69) is 4.98 Å². The largest absolute Gasteiger partial charge is 0.493 e. The van der Waals surface area contributed by atoms with Gasteiger partial charge in [-0.25, -0.2) is 9.37 Å². The summed E-state index contributed by atoms with van der Waals surface area (Å²) >= 11 is 0. The number of carbonyl (C=O) groups excluding carboxylic acids is 3. The van der Waals surface area contributed by atoms with Crippen LogP contribution in [0.5, 0.6) is 11.5 Å². The summed E-state index contributed by atoms with van der Waals surface area (Å²) < 4.78 is 35.0. The summed E-state index contributed by atoms with van der Waals surface area (Å²) in [5.74, 6) is -2.39. The number of rotatable bonds is 12. The standard InChI is InChI=1S/C27H34FNO7/c1-15(2)24(20-8-9-21(28)16(3)12-20)18(5)36-27(32)17(4)13-22(31)25-26(35-14-34-19(6)30)23(33-7)10-11-29-25/h8-12,15,17-18,24H,13-14H2,1-7H3/t17-,18+,24-/m1/s1. The van der Waals surface area contributed by atoms with Crippen molar-refractivity contribution in [3.05, 3.63) is 53.1 Å². The van der Waals surface area contributed by atoms with Gasteiger partial charge in [0.05, 0.1) is 13.0 Å². The third kappa shape index (κ3) is 7.50. The van der Waals surface area contributed by atoms with Gasteiger partial charge in [-0.1, -0.05) is 32.9 Å². The molecule has 1 aromatic carbocycles. The number of carbonyl (C=O) groups is 3. The first kappa shape index (κ1) is 28.7. The van der Waals surface area contributed by atoms with Crippen LogP contribution in [0.2, 0.25) is 0 Å². The zero-order valence-electron chi connectivity index (χ0n) is 21.8. The minimum atomic E-state index is -0.767. The van der Waals surface area contributed by atoms with Crippen molar-refractivity contribution in [3.8, 4) is 11.5 Å². The molecule has 0 saturated heterocycles. The Labute approximate surface area is 211 Å². The fraction of sp³-hybridized carbons (Fsp3) is 0.481. The lowest BCUT2D eigenvalue weighted by Gasteiger charge is -2.29. The molecule has 0 aliphatic rings. The Hall–Kier alpha value is -3.49. The first-order chi connectivity index (χ1) is 17.0. The van der Waals surface area contributed by atoms with Crippen LogP contribution in [0.25, 0.3) is 0 Å². The van der Waals surface area contributed by atoms with Crippen LogP contribution < -0.4 is 9.47 Å². The third-order valence-corrected chi connectivity index (χ3v) is 5.80. The van der Waals surface area contributed by atoms with E-state index in [-0.39, 0.29) is 41.3 Å². The average molecular weight is 504 g/mol. The molecule has 0 saturated carbocycles. The molecule has 2 rings (SSSR count). The predicted octanol–water partition coefficient (Wildman–Crippen LogP) is 5.02. The molecule has 0 unspecified atom stereocenters. The smallest absolute Gasteiger partial charge is 0.309 e. The summed E-state index contributed by atoms with van der Waals surface area (Å²) in [4.78, 5) is 41.0. The van der Waals surface area contributed by atoms with Crippen LogP contribution in [-0.4, -0.2) is 42.7 Å². The van der Waals surface area contributed by atoms with Gasteiger partial charge in [0.15, 0.2) is 23.0 Å². The third-order valence-electron chi connectivity index (χ3n) is 5.80. The van der Waals surface area contributed by atoms with E-state index in [4.69, 9.17) is 18.9 Å². The fourth-order valence-electron chi connectivity index (χ4n) is 4.00. The Bertz CT molecular complexity index is 1090. The van der Waals surface area contributed by atoms with Gasteiger partial charge in [0.1, 0.15) is 11.9 Å². The Morgan fingerprint density at radius 1 is 1.08 bits per heavy atom. The number of pyridine rings is 1. The lowest BCUT2D eigenvalue weighted by molar-refractivity contribution is -0.154. The van der Waals surface area contributed by atoms with E-state index < -0.39 is 36.5 Å². The summed E-state index contributed by atoms with van der Waals surface area (Å²) in [7, 11) is 1.40. The lowest BCUT2D eigenvalue weighted by Crippen LogP contribution is -2.29. The molecule has 0 amide bonds. The van der Waals surface area contributed by atoms with E-state index >= 15 is 0 Å². The number of hydrogen-bond donors (Lipinski definition) is 0. The summed E-state index contributed by atoms with van der Waals surface area (Å²) in [6.07, 6.45) is 0.697. The van der Waals surface area contributed by atoms with Gasteiger partial charge in [-0.05, 0) is 37.0 Å². The van der Waals surface area contributed by atoms with Crippen molar-refractivity contribution < 1.29 is 37.7 Å². The van der Waals surface area contributed by atoms with Crippen molar-refractivity contribution in [1.82, 2.24) is 4.98 Å². The maximum atomic E-state index is 13.8. The first-order valence-corrected chi connectivity index (χ1v) is 11.7. The van der Waals surface area contributed by atoms with Crippen LogP contribution in [0.15, 0.2) is 30.5 Å². The molecule has 1 aromatic heterocycles. The first-order valence-electron chi connectivity index (χ1n) is 11.7. The number of hydrogen-bond acceptors (Lipinski definition) is 8. The highest BCUT2D eigenvalue weighted by Gasteiger charge is 2.30. The Morgan fingerprint density at radius 2 is 1.78 bits per heavy atom. The molecular weight excluding hydrogens is 469 g/mol. The number of ketones is 1. The van der Waals surface area contributed by atoms with Crippen LogP contribution in [-0.2, 0) is 19.1 Å². The maximum Gasteiger partial charge on any atom is 0.309 e. The van der Waals surface area contributed by atoms with Crippen molar-refractivity contribution in [3.63, 3.8) is 0 Å². The van der Waals surface area contributed by atoms with Crippen molar-refractivity contribution in [2.24, 2.45) is 11.8 Å². The summed E-state index contributed by atoms with van der Waals surface area (Å²) in [5, 5.41) is 0. The highest BCUT2D eigenvalue weighted by Crippen LogP contribution is 2.33. The number of aryl methyl sites for hydroxylation is 1. The Balaban J connectivity index is 2.13. The van der Waals surface area contributed by atoms with E-state index in [1.54, 1.807) is 32.9 Å². The van der Waals surface area contributed by atoms with Gasteiger partial charge in [0.25, 0.3) is 0 Å². The van der Waals surface area contributed by atoms with E-state index in [0.717, 1.165) is 5.56 Å². The van der Waals surface area contributed by atoms with E-state index in [1.807, 2.05) is 13.8 Å². The summed E-state index contributed by atoms with van der Waals surface area (Å²) in [6, 6.07) is 6.39. The van der Waals surface area contributed by atoms with Gasteiger partial charge in [-0.2, -0.15) is 0 Å². The van der Waals surface area contributed by atoms with E-state index in [0.29, 0.717) is 5.56 Å². The van der Waals surface area contributed by atoms with Gasteiger partial charge in [-0.3, -0.25) is 14.4 Å². The van der Waals surface area contributed by atoms with Crippen molar-refractivity contribution >= 4 is 17.7 Å². The highest BCUT2D eigenvalue weighted by atomic mass is 19.1. The number of esters is 2. The number of aromatic nitrogens is 1. The number of nitrogens with zero attached hydrogens (tertiary/aromatic N) is 1. The SMILES string of the molecule is COc1ccnc(C(=O)C[C@@H](C)C(=O)O[C@@H](C)[C@H](c2ccc(F)c(C)c2)C(C)C)c1OCOC(C)=O. The topological polar surface area (TPSA) is 101 Å². The molecule has 196 valence electrons. The lowest BCUT2D eigenvalue weighted by atomic mass is 9.83. The molecule has 0 radical (unpaired) electrons. The number of ether oxygens (including phenoxy) is 4. The van der Waals surface area contributed by atoms with Crippen LogP contribution >= 0.6 is 0 Å². The van der Waals surface area contributed by atoms with Gasteiger partial charge >= 0.3 is 11.9 Å². The molecule has 0 bridgehead atoms. The second-order valence-corrected chi connectivity index (χ2v) is 9.04. The molecule has 36 heavy (non-hydrogen) atoms. The van der Waals surface area contributed by atoms with Crippen molar-refractivity contribution in [2.75, 3.05) is 13.9 Å². The number of methoxy groups -OCH3 is 1. The molecule has 3 atom stereocenters. The molecule has 2 aromatic rings. The van der Waals surface area contributed by atoms with Gasteiger partial charge in [0.2, 0.25) is 6.79 Å². The fourth-order valence-corrected chi connectivity index (χ4v) is 4.00. The Kier molecular flexibility index (Phi) is 10.4. The summed E-state index contributed by atoms with van der Waals surface area (Å²) in [6.45, 7) is 9.90. The molecule has 1 heterocycles. The maximum absolute atomic E-state index is 13.8. The van der Waals surface area contributed by atoms with Gasteiger partial charge in [-0.15, -0.1) is 0 Å². The molecular formula is C27H34FNO7. The van der Waals surface area contributed by atoms with Crippen LogP contribution in [0.3, 0.4) is 0 Å². The quantitative estimate of drug-likeness (QED) is 0.226. The van der Waals surface area contributed by atoms with E-state index in [1.165, 1.54) is 32.4 Å². The minimum Gasteiger partial charge on any atom is -0.493 e. The Morgan fingerprint density at radius 3 is 2.36 bits per heavy atom. The van der Waals surface area contributed by atoms with Crippen LogP contribution in [0.1, 0.15) is 68.6 Å². The van der Waals surface area contributed by atoms with Crippen LogP contribution in [0, 0.1) is 24.6 Å². The molecule has 0 aliphatic heterocycles. The number of halogens is 1. The van der Waals surface area contributed by atoms with Crippen molar-refractivity contribution in [1.29, 1.82) is 0 Å². The average Bonchev–Trinajstić information content (AvgIpc) is 2.80. The monoisotopic (exact) mass is 503 g/mol.